The Hall–Kier alpha value is -2.23. The monoisotopic (exact) mass is 286 g/mol. The van der Waals surface area contributed by atoms with Crippen LogP contribution in [-0.4, -0.2) is 17.7 Å². The van der Waals surface area contributed by atoms with Gasteiger partial charge in [-0.15, -0.1) is 0 Å². The number of aromatic nitrogens is 1. The SMILES string of the molecule is COc1cc(OC(C)(C)C)ccc1-c1ccc(N)nc1C. The van der Waals surface area contributed by atoms with Gasteiger partial charge in [0.1, 0.15) is 22.9 Å². The molecular weight excluding hydrogens is 264 g/mol. The van der Waals surface area contributed by atoms with Crippen LogP contribution in [0.1, 0.15) is 26.5 Å². The number of nitrogen functional groups attached to an aromatic ring is 1. The van der Waals surface area contributed by atoms with Crippen LogP contribution in [0.5, 0.6) is 11.5 Å². The van der Waals surface area contributed by atoms with Crippen molar-refractivity contribution in [3.63, 3.8) is 0 Å². The molecule has 0 spiro atoms. The van der Waals surface area contributed by atoms with Gasteiger partial charge in [0, 0.05) is 22.9 Å². The molecule has 1 aromatic heterocycles. The van der Waals surface area contributed by atoms with E-state index in [2.05, 4.69) is 4.98 Å². The molecule has 2 N–H and O–H groups in total. The van der Waals surface area contributed by atoms with Crippen LogP contribution in [0, 0.1) is 6.92 Å². The molecule has 0 saturated heterocycles. The van der Waals surface area contributed by atoms with Crippen LogP contribution in [0.25, 0.3) is 11.1 Å². The summed E-state index contributed by atoms with van der Waals surface area (Å²) in [6.45, 7) is 7.98. The minimum Gasteiger partial charge on any atom is -0.496 e. The summed E-state index contributed by atoms with van der Waals surface area (Å²) < 4.78 is 11.4. The lowest BCUT2D eigenvalue weighted by Crippen LogP contribution is -2.22. The highest BCUT2D eigenvalue weighted by atomic mass is 16.5. The molecule has 0 saturated carbocycles. The molecule has 0 fully saturated rings. The lowest BCUT2D eigenvalue weighted by Gasteiger charge is -2.22. The third kappa shape index (κ3) is 3.66. The molecule has 4 heteroatoms. The van der Waals surface area contributed by atoms with Gasteiger partial charge in [-0.05, 0) is 52.0 Å². The number of pyridine rings is 1. The minimum atomic E-state index is -0.245. The molecule has 0 aliphatic rings. The van der Waals surface area contributed by atoms with Crippen molar-refractivity contribution in [3.8, 4) is 22.6 Å². The van der Waals surface area contributed by atoms with Crippen molar-refractivity contribution in [1.29, 1.82) is 0 Å². The molecule has 2 aromatic rings. The first kappa shape index (κ1) is 15.2. The lowest BCUT2D eigenvalue weighted by atomic mass is 10.0. The van der Waals surface area contributed by atoms with Gasteiger partial charge in [-0.3, -0.25) is 0 Å². The smallest absolute Gasteiger partial charge is 0.130 e. The highest BCUT2D eigenvalue weighted by Gasteiger charge is 2.15. The Kier molecular flexibility index (Phi) is 4.07. The zero-order chi connectivity index (χ0) is 15.6. The maximum atomic E-state index is 5.87. The van der Waals surface area contributed by atoms with Crippen molar-refractivity contribution in [2.45, 2.75) is 33.3 Å². The fourth-order valence-electron chi connectivity index (χ4n) is 2.18. The van der Waals surface area contributed by atoms with Gasteiger partial charge in [0.2, 0.25) is 0 Å². The van der Waals surface area contributed by atoms with Crippen LogP contribution in [0.3, 0.4) is 0 Å². The Morgan fingerprint density at radius 1 is 1.05 bits per heavy atom. The van der Waals surface area contributed by atoms with Gasteiger partial charge >= 0.3 is 0 Å². The number of hydrogen-bond acceptors (Lipinski definition) is 4. The molecule has 0 radical (unpaired) electrons. The van der Waals surface area contributed by atoms with Crippen molar-refractivity contribution in [2.75, 3.05) is 12.8 Å². The highest BCUT2D eigenvalue weighted by Crippen LogP contribution is 2.35. The van der Waals surface area contributed by atoms with Crippen LogP contribution in [0.2, 0.25) is 0 Å². The molecule has 21 heavy (non-hydrogen) atoms. The molecule has 0 unspecified atom stereocenters. The molecule has 112 valence electrons. The lowest BCUT2D eigenvalue weighted by molar-refractivity contribution is 0.130. The first-order valence-electron chi connectivity index (χ1n) is 6.91. The number of aryl methyl sites for hydroxylation is 1. The Labute approximate surface area is 125 Å². The Bertz CT molecular complexity index is 646. The summed E-state index contributed by atoms with van der Waals surface area (Å²) in [7, 11) is 1.65. The van der Waals surface area contributed by atoms with Crippen molar-refractivity contribution in [1.82, 2.24) is 4.98 Å². The van der Waals surface area contributed by atoms with Gasteiger partial charge in [-0.2, -0.15) is 0 Å². The standard InChI is InChI=1S/C17H22N2O2/c1-11-13(8-9-16(18)19-11)14-7-6-12(10-15(14)20-5)21-17(2,3)4/h6-10H,1-5H3,(H2,18,19). The van der Waals surface area contributed by atoms with Crippen LogP contribution < -0.4 is 15.2 Å². The van der Waals surface area contributed by atoms with Gasteiger partial charge in [0.05, 0.1) is 7.11 Å². The molecular formula is C17H22N2O2. The average Bonchev–Trinajstić information content (AvgIpc) is 2.37. The normalized spacial score (nSPS) is 11.3. The molecule has 2 rings (SSSR count). The predicted molar refractivity (Wildman–Crippen MR) is 85.8 cm³/mol. The topological polar surface area (TPSA) is 57.4 Å². The van der Waals surface area contributed by atoms with E-state index in [1.165, 1.54) is 0 Å². The molecule has 0 bridgehead atoms. The number of nitrogens with two attached hydrogens (primary N) is 1. The zero-order valence-corrected chi connectivity index (χ0v) is 13.2. The van der Waals surface area contributed by atoms with E-state index in [-0.39, 0.29) is 5.60 Å². The molecule has 0 aliphatic carbocycles. The largest absolute Gasteiger partial charge is 0.496 e. The van der Waals surface area contributed by atoms with E-state index in [4.69, 9.17) is 15.2 Å². The van der Waals surface area contributed by atoms with Crippen molar-refractivity contribution < 1.29 is 9.47 Å². The van der Waals surface area contributed by atoms with Crippen LogP contribution in [0.4, 0.5) is 5.82 Å². The summed E-state index contributed by atoms with van der Waals surface area (Å²) in [4.78, 5) is 4.30. The Morgan fingerprint density at radius 3 is 2.29 bits per heavy atom. The van der Waals surface area contributed by atoms with Gasteiger partial charge in [0.15, 0.2) is 0 Å². The fraction of sp³-hybridized carbons (Fsp3) is 0.353. The van der Waals surface area contributed by atoms with E-state index in [1.54, 1.807) is 13.2 Å². The van der Waals surface area contributed by atoms with Gasteiger partial charge in [0.25, 0.3) is 0 Å². The first-order valence-corrected chi connectivity index (χ1v) is 6.91. The van der Waals surface area contributed by atoms with Crippen molar-refractivity contribution in [2.24, 2.45) is 0 Å². The summed E-state index contributed by atoms with van der Waals surface area (Å²) >= 11 is 0. The number of anilines is 1. The summed E-state index contributed by atoms with van der Waals surface area (Å²) in [5.41, 5.74) is 8.31. The minimum absolute atomic E-state index is 0.245. The number of benzene rings is 1. The molecule has 0 atom stereocenters. The first-order chi connectivity index (χ1) is 9.80. The third-order valence-electron chi connectivity index (χ3n) is 2.99. The number of rotatable bonds is 3. The van der Waals surface area contributed by atoms with Crippen LogP contribution in [-0.2, 0) is 0 Å². The molecule has 0 aliphatic heterocycles. The molecule has 0 amide bonds. The van der Waals surface area contributed by atoms with E-state index >= 15 is 0 Å². The summed E-state index contributed by atoms with van der Waals surface area (Å²) in [5.74, 6) is 2.05. The van der Waals surface area contributed by atoms with E-state index in [9.17, 15) is 0 Å². The summed E-state index contributed by atoms with van der Waals surface area (Å²) in [6, 6.07) is 9.58. The van der Waals surface area contributed by atoms with E-state index in [1.807, 2.05) is 52.0 Å². The summed E-state index contributed by atoms with van der Waals surface area (Å²) in [6.07, 6.45) is 0. The second kappa shape index (κ2) is 5.64. The van der Waals surface area contributed by atoms with Gasteiger partial charge in [-0.1, -0.05) is 0 Å². The third-order valence-corrected chi connectivity index (χ3v) is 2.99. The second-order valence-electron chi connectivity index (χ2n) is 5.95. The number of hydrogen-bond donors (Lipinski definition) is 1. The van der Waals surface area contributed by atoms with Crippen LogP contribution >= 0.6 is 0 Å². The van der Waals surface area contributed by atoms with Crippen LogP contribution in [0.15, 0.2) is 30.3 Å². The van der Waals surface area contributed by atoms with Gasteiger partial charge < -0.3 is 15.2 Å². The fourth-order valence-corrected chi connectivity index (χ4v) is 2.18. The molecule has 1 heterocycles. The highest BCUT2D eigenvalue weighted by molar-refractivity contribution is 5.74. The average molecular weight is 286 g/mol. The maximum absolute atomic E-state index is 5.87. The Morgan fingerprint density at radius 2 is 1.71 bits per heavy atom. The van der Waals surface area contributed by atoms with E-state index in [0.717, 1.165) is 28.3 Å². The summed E-state index contributed by atoms with van der Waals surface area (Å²) in [5, 5.41) is 0. The molecule has 1 aromatic carbocycles. The van der Waals surface area contributed by atoms with Crippen molar-refractivity contribution in [3.05, 3.63) is 36.0 Å². The quantitative estimate of drug-likeness (QED) is 0.931. The van der Waals surface area contributed by atoms with Gasteiger partial charge in [-0.25, -0.2) is 4.98 Å². The molecule has 4 nitrogen and oxygen atoms in total. The van der Waals surface area contributed by atoms with Crippen molar-refractivity contribution >= 4 is 5.82 Å². The number of methoxy groups -OCH3 is 1. The number of ether oxygens (including phenoxy) is 2. The second-order valence-corrected chi connectivity index (χ2v) is 5.95. The van der Waals surface area contributed by atoms with E-state index in [0.29, 0.717) is 5.82 Å². The zero-order valence-electron chi connectivity index (χ0n) is 13.2. The van der Waals surface area contributed by atoms with E-state index < -0.39 is 0 Å². The Balaban J connectivity index is 2.45. The maximum Gasteiger partial charge on any atom is 0.130 e. The number of nitrogens with zero attached hydrogens (tertiary/aromatic N) is 1. The predicted octanol–water partition coefficient (Wildman–Crippen LogP) is 3.83.